The molecule has 0 aromatic heterocycles. The van der Waals surface area contributed by atoms with Gasteiger partial charge in [0, 0.05) is 12.1 Å². The third kappa shape index (κ3) is 5.75. The van der Waals surface area contributed by atoms with E-state index in [0.717, 1.165) is 13.0 Å². The molecular formula is C11H21NO2. The van der Waals surface area contributed by atoms with Crippen LogP contribution in [0, 0.1) is 5.92 Å². The lowest BCUT2D eigenvalue weighted by Crippen LogP contribution is -2.26. The van der Waals surface area contributed by atoms with E-state index in [1.807, 2.05) is 0 Å². The summed E-state index contributed by atoms with van der Waals surface area (Å²) >= 11 is 0. The summed E-state index contributed by atoms with van der Waals surface area (Å²) in [6.07, 6.45) is 1.14. The number of ether oxygens (including phenoxy) is 1. The summed E-state index contributed by atoms with van der Waals surface area (Å²) < 4.78 is 4.81. The van der Waals surface area contributed by atoms with Crippen LogP contribution in [-0.2, 0) is 9.53 Å². The molecule has 1 unspecified atom stereocenters. The van der Waals surface area contributed by atoms with E-state index < -0.39 is 0 Å². The normalized spacial score (nSPS) is 12.2. The van der Waals surface area contributed by atoms with E-state index in [-0.39, 0.29) is 5.97 Å². The van der Waals surface area contributed by atoms with Gasteiger partial charge in [0.1, 0.15) is 0 Å². The molecule has 0 spiro atoms. The van der Waals surface area contributed by atoms with Crippen LogP contribution in [-0.4, -0.2) is 25.7 Å². The van der Waals surface area contributed by atoms with Crippen molar-refractivity contribution in [2.24, 2.45) is 5.92 Å². The molecular weight excluding hydrogens is 178 g/mol. The Morgan fingerprint density at radius 3 is 2.64 bits per heavy atom. The number of carbonyl (C=O) groups is 1. The largest absolute Gasteiger partial charge is 0.463 e. The molecule has 0 aliphatic heterocycles. The second-order valence-corrected chi connectivity index (χ2v) is 3.47. The van der Waals surface area contributed by atoms with E-state index in [1.165, 1.54) is 0 Å². The molecule has 0 saturated heterocycles. The Kier molecular flexibility index (Phi) is 7.11. The Hall–Kier alpha value is -0.830. The summed E-state index contributed by atoms with van der Waals surface area (Å²) in [4.78, 5) is 11.1. The predicted molar refractivity (Wildman–Crippen MR) is 58.1 cm³/mol. The average molecular weight is 199 g/mol. The molecule has 14 heavy (non-hydrogen) atoms. The molecule has 0 bridgehead atoms. The molecule has 0 saturated carbocycles. The molecule has 1 atom stereocenters. The quantitative estimate of drug-likeness (QED) is 0.501. The highest BCUT2D eigenvalue weighted by molar-refractivity contribution is 5.88. The fraction of sp³-hybridized carbons (Fsp3) is 0.727. The first-order chi connectivity index (χ1) is 6.61. The minimum absolute atomic E-state index is 0.302. The molecule has 0 aromatic carbocycles. The number of rotatable bonds is 7. The van der Waals surface area contributed by atoms with Crippen molar-refractivity contribution in [3.05, 3.63) is 12.2 Å². The minimum atomic E-state index is -0.302. The lowest BCUT2D eigenvalue weighted by Gasteiger charge is -2.10. The number of carbonyl (C=O) groups excluding carboxylic acids is 1. The van der Waals surface area contributed by atoms with Gasteiger partial charge in [-0.25, -0.2) is 4.79 Å². The van der Waals surface area contributed by atoms with Crippen LogP contribution in [0.5, 0.6) is 0 Å². The zero-order valence-electron chi connectivity index (χ0n) is 9.43. The van der Waals surface area contributed by atoms with E-state index in [4.69, 9.17) is 4.74 Å². The van der Waals surface area contributed by atoms with Gasteiger partial charge in [0.15, 0.2) is 0 Å². The lowest BCUT2D eigenvalue weighted by molar-refractivity contribution is -0.138. The molecule has 3 heteroatoms. The molecule has 0 aliphatic rings. The van der Waals surface area contributed by atoms with E-state index in [0.29, 0.717) is 24.6 Å². The Balaban J connectivity index is 3.58. The number of hydrogen-bond donors (Lipinski definition) is 1. The summed E-state index contributed by atoms with van der Waals surface area (Å²) in [6.45, 7) is 11.6. The first-order valence-corrected chi connectivity index (χ1v) is 5.17. The Bertz CT molecular complexity index is 190. The van der Waals surface area contributed by atoms with Gasteiger partial charge in [0.25, 0.3) is 0 Å². The predicted octanol–water partition coefficient (Wildman–Crippen LogP) is 1.74. The monoisotopic (exact) mass is 199 g/mol. The summed E-state index contributed by atoms with van der Waals surface area (Å²) in [5, 5.41) is 3.17. The van der Waals surface area contributed by atoms with Crippen LogP contribution in [0.4, 0.5) is 0 Å². The molecule has 0 amide bonds. The fourth-order valence-corrected chi connectivity index (χ4v) is 0.919. The number of hydrogen-bond acceptors (Lipinski definition) is 3. The maximum Gasteiger partial charge on any atom is 0.334 e. The molecule has 0 aliphatic carbocycles. The smallest absolute Gasteiger partial charge is 0.334 e. The zero-order valence-corrected chi connectivity index (χ0v) is 9.43. The van der Waals surface area contributed by atoms with Gasteiger partial charge in [0.05, 0.1) is 6.61 Å². The van der Waals surface area contributed by atoms with Crippen molar-refractivity contribution < 1.29 is 9.53 Å². The number of nitrogens with one attached hydrogen (secondary N) is 1. The van der Waals surface area contributed by atoms with Crippen LogP contribution in [0.2, 0.25) is 0 Å². The van der Waals surface area contributed by atoms with E-state index >= 15 is 0 Å². The van der Waals surface area contributed by atoms with Crippen molar-refractivity contribution >= 4 is 5.97 Å². The molecule has 0 aromatic rings. The lowest BCUT2D eigenvalue weighted by atomic mass is 10.1. The van der Waals surface area contributed by atoms with Gasteiger partial charge in [-0.2, -0.15) is 0 Å². The van der Waals surface area contributed by atoms with Crippen molar-refractivity contribution in [3.8, 4) is 0 Å². The first kappa shape index (κ1) is 13.2. The van der Waals surface area contributed by atoms with Crippen molar-refractivity contribution in [3.63, 3.8) is 0 Å². The zero-order chi connectivity index (χ0) is 11.0. The maximum atomic E-state index is 11.1. The van der Waals surface area contributed by atoms with E-state index in [2.05, 4.69) is 25.7 Å². The van der Waals surface area contributed by atoms with Crippen molar-refractivity contribution in [2.75, 3.05) is 19.7 Å². The minimum Gasteiger partial charge on any atom is -0.463 e. The highest BCUT2D eigenvalue weighted by Crippen LogP contribution is 1.98. The number of esters is 1. The molecule has 0 fully saturated rings. The van der Waals surface area contributed by atoms with Crippen LogP contribution in [0.25, 0.3) is 0 Å². The summed E-state index contributed by atoms with van der Waals surface area (Å²) in [6, 6.07) is 0. The highest BCUT2D eigenvalue weighted by atomic mass is 16.5. The van der Waals surface area contributed by atoms with Gasteiger partial charge in [-0.3, -0.25) is 0 Å². The Morgan fingerprint density at radius 2 is 2.14 bits per heavy atom. The van der Waals surface area contributed by atoms with E-state index in [1.54, 1.807) is 6.92 Å². The summed E-state index contributed by atoms with van der Waals surface area (Å²) in [7, 11) is 0. The standard InChI is InChI=1S/C11H21NO2/c1-5-9(3)7-12-8-10(4)11(13)14-6-2/h9,12H,4-8H2,1-3H3. The molecule has 3 nitrogen and oxygen atoms in total. The third-order valence-electron chi connectivity index (χ3n) is 2.09. The van der Waals surface area contributed by atoms with E-state index in [9.17, 15) is 4.79 Å². The van der Waals surface area contributed by atoms with Crippen molar-refractivity contribution in [1.82, 2.24) is 5.32 Å². The van der Waals surface area contributed by atoms with Crippen LogP contribution in [0.1, 0.15) is 27.2 Å². The van der Waals surface area contributed by atoms with Crippen LogP contribution in [0.15, 0.2) is 12.2 Å². The van der Waals surface area contributed by atoms with Crippen LogP contribution >= 0.6 is 0 Å². The molecule has 82 valence electrons. The van der Waals surface area contributed by atoms with Gasteiger partial charge in [0.2, 0.25) is 0 Å². The van der Waals surface area contributed by atoms with Gasteiger partial charge in [-0.05, 0) is 19.4 Å². The van der Waals surface area contributed by atoms with Crippen molar-refractivity contribution in [2.45, 2.75) is 27.2 Å². The molecule has 1 N–H and O–H groups in total. The van der Waals surface area contributed by atoms with Gasteiger partial charge in [-0.1, -0.05) is 26.8 Å². The third-order valence-corrected chi connectivity index (χ3v) is 2.09. The fourth-order valence-electron chi connectivity index (χ4n) is 0.919. The Morgan fingerprint density at radius 1 is 1.50 bits per heavy atom. The first-order valence-electron chi connectivity index (χ1n) is 5.17. The SMILES string of the molecule is C=C(CNCC(C)CC)C(=O)OCC. The van der Waals surface area contributed by atoms with Gasteiger partial charge in [-0.15, -0.1) is 0 Å². The molecule has 0 rings (SSSR count). The molecule has 0 heterocycles. The second kappa shape index (κ2) is 7.56. The Labute approximate surface area is 86.5 Å². The summed E-state index contributed by atoms with van der Waals surface area (Å²) in [5.74, 6) is 0.328. The average Bonchev–Trinajstić information content (AvgIpc) is 2.17. The van der Waals surface area contributed by atoms with Crippen LogP contribution in [0.3, 0.4) is 0 Å². The van der Waals surface area contributed by atoms with Crippen molar-refractivity contribution in [1.29, 1.82) is 0 Å². The molecule has 0 radical (unpaired) electrons. The second-order valence-electron chi connectivity index (χ2n) is 3.47. The van der Waals surface area contributed by atoms with Gasteiger partial charge < -0.3 is 10.1 Å². The topological polar surface area (TPSA) is 38.3 Å². The van der Waals surface area contributed by atoms with Crippen LogP contribution < -0.4 is 5.32 Å². The highest BCUT2D eigenvalue weighted by Gasteiger charge is 2.07. The summed E-state index contributed by atoms with van der Waals surface area (Å²) in [5.41, 5.74) is 0.496. The maximum absolute atomic E-state index is 11.1. The van der Waals surface area contributed by atoms with Gasteiger partial charge >= 0.3 is 5.97 Å².